The maximum atomic E-state index is 5.62. The molecule has 0 heterocycles. The Labute approximate surface area is 77.5 Å². The summed E-state index contributed by atoms with van der Waals surface area (Å²) in [7, 11) is 1.67. The number of nitrogens with one attached hydrogen (secondary N) is 1. The molecule has 0 saturated carbocycles. The zero-order chi connectivity index (χ0) is 8.69. The third kappa shape index (κ3) is 6.63. The van der Waals surface area contributed by atoms with Gasteiger partial charge in [-0.1, -0.05) is 23.2 Å². The summed E-state index contributed by atoms with van der Waals surface area (Å²) in [5, 5.41) is 3.68. The molecule has 0 aliphatic rings. The van der Waals surface area contributed by atoms with Crippen molar-refractivity contribution in [1.29, 1.82) is 0 Å². The quantitative estimate of drug-likeness (QED) is 0.728. The minimum Gasteiger partial charge on any atom is -0.380 e. The van der Waals surface area contributed by atoms with Crippen LogP contribution in [0.2, 0.25) is 0 Å². The van der Waals surface area contributed by atoms with Crippen molar-refractivity contribution in [2.45, 2.75) is 13.0 Å². The van der Waals surface area contributed by atoms with Crippen LogP contribution in [0.3, 0.4) is 0 Å². The van der Waals surface area contributed by atoms with Crippen LogP contribution in [0.1, 0.15) is 6.92 Å². The van der Waals surface area contributed by atoms with Crippen LogP contribution < -0.4 is 5.32 Å². The first-order valence-electron chi connectivity index (χ1n) is 3.39. The van der Waals surface area contributed by atoms with E-state index in [9.17, 15) is 0 Å². The predicted molar refractivity (Wildman–Crippen MR) is 49.1 cm³/mol. The van der Waals surface area contributed by atoms with Gasteiger partial charge in [-0.3, -0.25) is 0 Å². The SMILES string of the molecule is COC(C)CNCC(Cl)=CCl. The largest absolute Gasteiger partial charge is 0.380 e. The summed E-state index contributed by atoms with van der Waals surface area (Å²) in [5.41, 5.74) is 1.35. The lowest BCUT2D eigenvalue weighted by Crippen LogP contribution is -2.26. The molecule has 1 N–H and O–H groups in total. The second-order valence-electron chi connectivity index (χ2n) is 2.23. The van der Waals surface area contributed by atoms with Gasteiger partial charge in [0.1, 0.15) is 0 Å². The first kappa shape index (κ1) is 11.2. The van der Waals surface area contributed by atoms with E-state index in [1.165, 1.54) is 5.54 Å². The van der Waals surface area contributed by atoms with Crippen LogP contribution in [0.5, 0.6) is 0 Å². The topological polar surface area (TPSA) is 21.3 Å². The number of hydrogen-bond donors (Lipinski definition) is 1. The monoisotopic (exact) mass is 197 g/mol. The van der Waals surface area contributed by atoms with Gasteiger partial charge >= 0.3 is 0 Å². The zero-order valence-corrected chi connectivity index (χ0v) is 8.24. The Morgan fingerprint density at radius 2 is 2.36 bits per heavy atom. The molecule has 0 rings (SSSR count). The molecule has 4 heteroatoms. The molecule has 1 atom stereocenters. The highest BCUT2D eigenvalue weighted by Gasteiger charge is 1.97. The van der Waals surface area contributed by atoms with Gasteiger partial charge in [-0.15, -0.1) is 0 Å². The molecule has 11 heavy (non-hydrogen) atoms. The fraction of sp³-hybridized carbons (Fsp3) is 0.714. The van der Waals surface area contributed by atoms with Crippen LogP contribution in [0, 0.1) is 0 Å². The molecular formula is C7H13Cl2NO. The highest BCUT2D eigenvalue weighted by atomic mass is 35.5. The molecule has 0 aromatic heterocycles. The molecule has 1 unspecified atom stereocenters. The van der Waals surface area contributed by atoms with Gasteiger partial charge in [-0.05, 0) is 6.92 Å². The first-order valence-corrected chi connectivity index (χ1v) is 4.20. The van der Waals surface area contributed by atoms with Gasteiger partial charge in [0, 0.05) is 30.8 Å². The lowest BCUT2D eigenvalue weighted by Gasteiger charge is -2.09. The number of rotatable bonds is 5. The molecule has 2 nitrogen and oxygen atoms in total. The molecule has 66 valence electrons. The Balaban J connectivity index is 3.27. The standard InChI is InChI=1S/C7H13Cl2NO/c1-6(11-2)4-10-5-7(9)3-8/h3,6,10H,4-5H2,1-2H3. The smallest absolute Gasteiger partial charge is 0.0667 e. The van der Waals surface area contributed by atoms with Crippen molar-refractivity contribution in [2.75, 3.05) is 20.2 Å². The van der Waals surface area contributed by atoms with Crippen molar-refractivity contribution in [3.8, 4) is 0 Å². The van der Waals surface area contributed by atoms with Crippen LogP contribution in [0.25, 0.3) is 0 Å². The molecule has 0 bridgehead atoms. The normalized spacial score (nSPS) is 15.1. The van der Waals surface area contributed by atoms with E-state index in [0.717, 1.165) is 6.54 Å². The third-order valence-electron chi connectivity index (χ3n) is 1.25. The minimum atomic E-state index is 0.204. The molecule has 0 amide bonds. The second-order valence-corrected chi connectivity index (χ2v) is 2.94. The molecule has 0 radical (unpaired) electrons. The summed E-state index contributed by atoms with van der Waals surface area (Å²) >= 11 is 11.0. The summed E-state index contributed by atoms with van der Waals surface area (Å²) in [5.74, 6) is 0. The summed E-state index contributed by atoms with van der Waals surface area (Å²) in [6.07, 6.45) is 0.204. The molecule has 0 aromatic carbocycles. The minimum absolute atomic E-state index is 0.204. The molecule has 0 aromatic rings. The first-order chi connectivity index (χ1) is 5.20. The van der Waals surface area contributed by atoms with E-state index in [0.29, 0.717) is 11.6 Å². The van der Waals surface area contributed by atoms with Crippen LogP contribution in [0.15, 0.2) is 10.6 Å². The van der Waals surface area contributed by atoms with Crippen molar-refractivity contribution in [1.82, 2.24) is 5.32 Å². The zero-order valence-electron chi connectivity index (χ0n) is 6.73. The van der Waals surface area contributed by atoms with E-state index in [-0.39, 0.29) is 6.10 Å². The van der Waals surface area contributed by atoms with Gasteiger partial charge in [0.15, 0.2) is 0 Å². The Hall–Kier alpha value is 0.240. The van der Waals surface area contributed by atoms with Crippen molar-refractivity contribution >= 4 is 23.2 Å². The summed E-state index contributed by atoms with van der Waals surface area (Å²) in [6.45, 7) is 3.35. The van der Waals surface area contributed by atoms with Crippen molar-refractivity contribution in [3.63, 3.8) is 0 Å². The van der Waals surface area contributed by atoms with Gasteiger partial charge in [-0.2, -0.15) is 0 Å². The summed E-state index contributed by atoms with van der Waals surface area (Å²) in [6, 6.07) is 0. The number of ether oxygens (including phenoxy) is 1. The van der Waals surface area contributed by atoms with E-state index < -0.39 is 0 Å². The van der Waals surface area contributed by atoms with Gasteiger partial charge < -0.3 is 10.1 Å². The second kappa shape index (κ2) is 6.92. The van der Waals surface area contributed by atoms with Crippen molar-refractivity contribution in [3.05, 3.63) is 10.6 Å². The number of methoxy groups -OCH3 is 1. The fourth-order valence-electron chi connectivity index (χ4n) is 0.517. The molecule has 0 fully saturated rings. The fourth-order valence-corrected chi connectivity index (χ4v) is 0.688. The highest BCUT2D eigenvalue weighted by molar-refractivity contribution is 6.36. The Morgan fingerprint density at radius 3 is 2.82 bits per heavy atom. The van der Waals surface area contributed by atoms with Gasteiger partial charge in [0.2, 0.25) is 0 Å². The summed E-state index contributed by atoms with van der Waals surface area (Å²) < 4.78 is 5.01. The van der Waals surface area contributed by atoms with E-state index in [1.54, 1.807) is 7.11 Å². The number of hydrogen-bond acceptors (Lipinski definition) is 2. The van der Waals surface area contributed by atoms with Gasteiger partial charge in [0.05, 0.1) is 6.10 Å². The highest BCUT2D eigenvalue weighted by Crippen LogP contribution is 2.00. The van der Waals surface area contributed by atoms with Crippen molar-refractivity contribution in [2.24, 2.45) is 0 Å². The van der Waals surface area contributed by atoms with Crippen molar-refractivity contribution < 1.29 is 4.74 Å². The van der Waals surface area contributed by atoms with E-state index in [1.807, 2.05) is 6.92 Å². The third-order valence-corrected chi connectivity index (χ3v) is 1.86. The maximum absolute atomic E-state index is 5.62. The van der Waals surface area contributed by atoms with Crippen LogP contribution in [-0.4, -0.2) is 26.3 Å². The Morgan fingerprint density at radius 1 is 1.73 bits per heavy atom. The lowest BCUT2D eigenvalue weighted by atomic mass is 10.4. The molecule has 0 aliphatic carbocycles. The van der Waals surface area contributed by atoms with E-state index in [4.69, 9.17) is 27.9 Å². The average molecular weight is 198 g/mol. The summed E-state index contributed by atoms with van der Waals surface area (Å²) in [4.78, 5) is 0. The lowest BCUT2D eigenvalue weighted by molar-refractivity contribution is 0.118. The molecule has 0 aliphatic heterocycles. The molecule has 0 saturated heterocycles. The number of halogens is 2. The average Bonchev–Trinajstić information content (AvgIpc) is 2.04. The van der Waals surface area contributed by atoms with Gasteiger partial charge in [-0.25, -0.2) is 0 Å². The Bertz CT molecular complexity index is 128. The maximum Gasteiger partial charge on any atom is 0.0667 e. The van der Waals surface area contributed by atoms with Crippen LogP contribution >= 0.6 is 23.2 Å². The van der Waals surface area contributed by atoms with E-state index in [2.05, 4.69) is 5.32 Å². The van der Waals surface area contributed by atoms with Crippen LogP contribution in [0.4, 0.5) is 0 Å². The molecule has 0 spiro atoms. The molecular weight excluding hydrogens is 185 g/mol. The predicted octanol–water partition coefficient (Wildman–Crippen LogP) is 1.93. The van der Waals surface area contributed by atoms with Crippen LogP contribution in [-0.2, 0) is 4.74 Å². The Kier molecular flexibility index (Phi) is 7.07. The van der Waals surface area contributed by atoms with E-state index >= 15 is 0 Å². The van der Waals surface area contributed by atoms with Gasteiger partial charge in [0.25, 0.3) is 0 Å².